The van der Waals surface area contributed by atoms with Crippen LogP contribution in [0.15, 0.2) is 30.3 Å². The molecule has 5 N–H and O–H groups in total. The molecule has 0 bridgehead atoms. The maximum absolute atomic E-state index is 12.5. The quantitative estimate of drug-likeness (QED) is 0.570. The van der Waals surface area contributed by atoms with Crippen LogP contribution in [-0.4, -0.2) is 30.6 Å². The molecule has 2 rings (SSSR count). The molecular formula is C17H26N4O2. The molecule has 0 aromatic heterocycles. The molecule has 126 valence electrons. The van der Waals surface area contributed by atoms with Crippen LogP contribution in [0.3, 0.4) is 0 Å². The Morgan fingerprint density at radius 1 is 1.09 bits per heavy atom. The highest BCUT2D eigenvalue weighted by atomic mass is 16.2. The van der Waals surface area contributed by atoms with Gasteiger partial charge in [-0.25, -0.2) is 4.79 Å². The fourth-order valence-corrected chi connectivity index (χ4v) is 2.90. The normalized spacial score (nSPS) is 15.9. The molecule has 1 aromatic carbocycles. The molecule has 1 saturated carbocycles. The molecule has 0 aliphatic heterocycles. The molecule has 0 unspecified atom stereocenters. The van der Waals surface area contributed by atoms with Crippen LogP contribution in [-0.2, 0) is 11.3 Å². The number of nitrogens with two attached hydrogens (primary N) is 1. The number of rotatable bonds is 7. The summed E-state index contributed by atoms with van der Waals surface area (Å²) in [7, 11) is 0. The van der Waals surface area contributed by atoms with Crippen LogP contribution < -0.4 is 21.7 Å². The molecule has 0 radical (unpaired) electrons. The minimum atomic E-state index is -0.782. The highest BCUT2D eigenvalue weighted by Gasteiger charge is 2.42. The maximum Gasteiger partial charge on any atom is 0.315 e. The second kappa shape index (κ2) is 8.53. The minimum Gasteiger partial charge on any atom is -0.354 e. The summed E-state index contributed by atoms with van der Waals surface area (Å²) < 4.78 is 0. The van der Waals surface area contributed by atoms with E-state index in [1.807, 2.05) is 30.3 Å². The number of carbonyl (C=O) groups is 2. The lowest BCUT2D eigenvalue weighted by Gasteiger charge is -2.29. The van der Waals surface area contributed by atoms with Crippen molar-refractivity contribution >= 4 is 11.9 Å². The fourth-order valence-electron chi connectivity index (χ4n) is 2.90. The van der Waals surface area contributed by atoms with Crippen molar-refractivity contribution in [3.05, 3.63) is 35.9 Å². The Morgan fingerprint density at radius 2 is 1.78 bits per heavy atom. The van der Waals surface area contributed by atoms with E-state index in [1.165, 1.54) is 0 Å². The molecule has 3 amide bonds. The van der Waals surface area contributed by atoms with Crippen molar-refractivity contribution in [1.29, 1.82) is 0 Å². The third-order valence-electron chi connectivity index (χ3n) is 4.21. The first-order valence-corrected chi connectivity index (χ1v) is 8.24. The summed E-state index contributed by atoms with van der Waals surface area (Å²) in [5, 5.41) is 8.60. The summed E-state index contributed by atoms with van der Waals surface area (Å²) in [4.78, 5) is 24.6. The van der Waals surface area contributed by atoms with Crippen LogP contribution in [0.1, 0.15) is 37.7 Å². The number of urea groups is 1. The monoisotopic (exact) mass is 318 g/mol. The van der Waals surface area contributed by atoms with Gasteiger partial charge in [0.25, 0.3) is 0 Å². The Bertz CT molecular complexity index is 513. The first kappa shape index (κ1) is 17.3. The van der Waals surface area contributed by atoms with E-state index in [-0.39, 0.29) is 11.9 Å². The van der Waals surface area contributed by atoms with Crippen molar-refractivity contribution in [2.45, 2.75) is 44.2 Å². The van der Waals surface area contributed by atoms with Gasteiger partial charge in [-0.2, -0.15) is 0 Å². The molecular weight excluding hydrogens is 292 g/mol. The molecule has 6 nitrogen and oxygen atoms in total. The topological polar surface area (TPSA) is 96.2 Å². The van der Waals surface area contributed by atoms with Gasteiger partial charge in [-0.05, 0) is 31.4 Å². The zero-order valence-corrected chi connectivity index (χ0v) is 13.4. The number of carbonyl (C=O) groups excluding carboxylic acids is 2. The lowest BCUT2D eigenvalue weighted by molar-refractivity contribution is -0.127. The molecule has 23 heavy (non-hydrogen) atoms. The highest BCUT2D eigenvalue weighted by Crippen LogP contribution is 2.29. The molecule has 0 saturated heterocycles. The van der Waals surface area contributed by atoms with E-state index in [0.717, 1.165) is 24.8 Å². The molecule has 0 heterocycles. The van der Waals surface area contributed by atoms with E-state index in [4.69, 9.17) is 5.73 Å². The average Bonchev–Trinajstić information content (AvgIpc) is 3.04. The van der Waals surface area contributed by atoms with Gasteiger partial charge in [-0.1, -0.05) is 43.2 Å². The van der Waals surface area contributed by atoms with Crippen molar-refractivity contribution in [2.24, 2.45) is 5.73 Å². The van der Waals surface area contributed by atoms with E-state index >= 15 is 0 Å². The van der Waals surface area contributed by atoms with Gasteiger partial charge < -0.3 is 21.7 Å². The SMILES string of the molecule is NCCCNC(=O)C1(NC(=O)NCc2ccccc2)CCCC1. The summed E-state index contributed by atoms with van der Waals surface area (Å²) in [5.41, 5.74) is 5.69. The lowest BCUT2D eigenvalue weighted by atomic mass is 9.96. The van der Waals surface area contributed by atoms with Crippen LogP contribution in [0, 0.1) is 0 Å². The maximum atomic E-state index is 12.5. The Hall–Kier alpha value is -2.08. The summed E-state index contributed by atoms with van der Waals surface area (Å²) in [5.74, 6) is -0.0988. The molecule has 1 fully saturated rings. The number of benzene rings is 1. The second-order valence-electron chi connectivity index (χ2n) is 5.98. The van der Waals surface area contributed by atoms with Gasteiger partial charge in [0.05, 0.1) is 0 Å². The molecule has 0 atom stereocenters. The van der Waals surface area contributed by atoms with Crippen LogP contribution >= 0.6 is 0 Å². The van der Waals surface area contributed by atoms with Gasteiger partial charge in [-0.3, -0.25) is 4.79 Å². The number of nitrogens with one attached hydrogen (secondary N) is 3. The van der Waals surface area contributed by atoms with Crippen molar-refractivity contribution in [3.8, 4) is 0 Å². The number of amides is 3. The van der Waals surface area contributed by atoms with Crippen molar-refractivity contribution in [3.63, 3.8) is 0 Å². The summed E-state index contributed by atoms with van der Waals surface area (Å²) in [6.07, 6.45) is 4.00. The minimum absolute atomic E-state index is 0.0988. The van der Waals surface area contributed by atoms with Crippen LogP contribution in [0.4, 0.5) is 4.79 Å². The van der Waals surface area contributed by atoms with Crippen LogP contribution in [0.5, 0.6) is 0 Å². The highest BCUT2D eigenvalue weighted by molar-refractivity contribution is 5.91. The van der Waals surface area contributed by atoms with Crippen molar-refractivity contribution in [1.82, 2.24) is 16.0 Å². The Kier molecular flexibility index (Phi) is 6.40. The first-order chi connectivity index (χ1) is 11.2. The molecule has 1 aliphatic carbocycles. The van der Waals surface area contributed by atoms with Gasteiger partial charge in [0, 0.05) is 13.1 Å². The zero-order valence-electron chi connectivity index (χ0n) is 13.4. The Balaban J connectivity index is 1.88. The lowest BCUT2D eigenvalue weighted by Crippen LogP contribution is -2.59. The van der Waals surface area contributed by atoms with E-state index < -0.39 is 5.54 Å². The van der Waals surface area contributed by atoms with Crippen molar-refractivity contribution < 1.29 is 9.59 Å². The smallest absolute Gasteiger partial charge is 0.315 e. The van der Waals surface area contributed by atoms with Crippen molar-refractivity contribution in [2.75, 3.05) is 13.1 Å². The zero-order chi connectivity index (χ0) is 16.5. The van der Waals surface area contributed by atoms with E-state index in [0.29, 0.717) is 32.5 Å². The van der Waals surface area contributed by atoms with Gasteiger partial charge in [0.15, 0.2) is 0 Å². The van der Waals surface area contributed by atoms with E-state index in [2.05, 4.69) is 16.0 Å². The third-order valence-corrected chi connectivity index (χ3v) is 4.21. The molecule has 0 spiro atoms. The summed E-state index contributed by atoms with van der Waals surface area (Å²) in [6.45, 7) is 1.53. The summed E-state index contributed by atoms with van der Waals surface area (Å²) in [6, 6.07) is 9.39. The van der Waals surface area contributed by atoms with Gasteiger partial charge in [0.1, 0.15) is 5.54 Å². The average molecular weight is 318 g/mol. The fraction of sp³-hybridized carbons (Fsp3) is 0.529. The molecule has 1 aromatic rings. The van der Waals surface area contributed by atoms with E-state index in [9.17, 15) is 9.59 Å². The molecule has 6 heteroatoms. The molecule has 1 aliphatic rings. The van der Waals surface area contributed by atoms with Crippen LogP contribution in [0.2, 0.25) is 0 Å². The van der Waals surface area contributed by atoms with Gasteiger partial charge in [-0.15, -0.1) is 0 Å². The summed E-state index contributed by atoms with van der Waals surface area (Å²) >= 11 is 0. The predicted octanol–water partition coefficient (Wildman–Crippen LogP) is 1.26. The third kappa shape index (κ3) is 4.96. The van der Waals surface area contributed by atoms with Crippen LogP contribution in [0.25, 0.3) is 0 Å². The largest absolute Gasteiger partial charge is 0.354 e. The Morgan fingerprint density at radius 3 is 2.43 bits per heavy atom. The van der Waals surface area contributed by atoms with Gasteiger partial charge >= 0.3 is 6.03 Å². The van der Waals surface area contributed by atoms with Gasteiger partial charge in [0.2, 0.25) is 5.91 Å². The van der Waals surface area contributed by atoms with E-state index in [1.54, 1.807) is 0 Å². The predicted molar refractivity (Wildman–Crippen MR) is 89.7 cm³/mol. The standard InChI is InChI=1S/C17H26N4O2/c18-11-6-12-19-15(22)17(9-4-5-10-17)21-16(23)20-13-14-7-2-1-3-8-14/h1-3,7-8H,4-6,9-13,18H2,(H,19,22)(H2,20,21,23). The number of hydrogen-bond donors (Lipinski definition) is 4. The number of hydrogen-bond acceptors (Lipinski definition) is 3. The Labute approximate surface area is 137 Å². The first-order valence-electron chi connectivity index (χ1n) is 8.24. The second-order valence-corrected chi connectivity index (χ2v) is 5.98.